The standard InChI is InChI=1S/C16H22N6O/c1-16(11-17,13-2-3-13)20-15(23)19-14-6-9-22(21-14)10-12-4-7-18-8-5-12/h4-9,13H,2-3,10-11,17H2,1H3,(H2,19,20,21,23). The van der Waals surface area contributed by atoms with Crippen LogP contribution in [0.5, 0.6) is 0 Å². The Hall–Kier alpha value is -2.41. The third-order valence-electron chi connectivity index (χ3n) is 4.28. The summed E-state index contributed by atoms with van der Waals surface area (Å²) in [5.74, 6) is 0.995. The molecular weight excluding hydrogens is 292 g/mol. The molecule has 0 saturated heterocycles. The zero-order valence-corrected chi connectivity index (χ0v) is 13.2. The molecule has 0 aliphatic heterocycles. The number of hydrogen-bond acceptors (Lipinski definition) is 4. The van der Waals surface area contributed by atoms with E-state index in [2.05, 4.69) is 20.7 Å². The van der Waals surface area contributed by atoms with Gasteiger partial charge in [0.25, 0.3) is 0 Å². The molecule has 1 atom stereocenters. The topological polar surface area (TPSA) is 97.9 Å². The van der Waals surface area contributed by atoms with Crippen LogP contribution in [0.1, 0.15) is 25.3 Å². The van der Waals surface area contributed by atoms with Crippen LogP contribution in [0.3, 0.4) is 0 Å². The number of carbonyl (C=O) groups excluding carboxylic acids is 1. The second kappa shape index (κ2) is 6.37. The molecular formula is C16H22N6O. The predicted octanol–water partition coefficient (Wildman–Crippen LogP) is 1.58. The van der Waals surface area contributed by atoms with Gasteiger partial charge in [0.05, 0.1) is 12.1 Å². The van der Waals surface area contributed by atoms with Crippen molar-refractivity contribution < 1.29 is 4.79 Å². The van der Waals surface area contributed by atoms with Gasteiger partial charge >= 0.3 is 6.03 Å². The van der Waals surface area contributed by atoms with Gasteiger partial charge in [0.1, 0.15) is 0 Å². The first-order valence-electron chi connectivity index (χ1n) is 7.81. The van der Waals surface area contributed by atoms with Crippen LogP contribution >= 0.6 is 0 Å². The molecule has 1 saturated carbocycles. The maximum atomic E-state index is 12.2. The largest absolute Gasteiger partial charge is 0.331 e. The SMILES string of the molecule is CC(CN)(NC(=O)Nc1ccn(Cc2ccncc2)n1)C1CC1. The Balaban J connectivity index is 1.57. The van der Waals surface area contributed by atoms with Crippen molar-refractivity contribution in [2.24, 2.45) is 11.7 Å². The molecule has 1 unspecified atom stereocenters. The Morgan fingerprint density at radius 3 is 2.78 bits per heavy atom. The third-order valence-corrected chi connectivity index (χ3v) is 4.28. The van der Waals surface area contributed by atoms with Gasteiger partial charge in [-0.3, -0.25) is 15.0 Å². The number of nitrogens with two attached hydrogens (primary N) is 1. The van der Waals surface area contributed by atoms with Crippen LogP contribution in [0.4, 0.5) is 10.6 Å². The number of rotatable bonds is 6. The molecule has 23 heavy (non-hydrogen) atoms. The summed E-state index contributed by atoms with van der Waals surface area (Å²) in [5.41, 5.74) is 6.57. The highest BCUT2D eigenvalue weighted by Crippen LogP contribution is 2.38. The summed E-state index contributed by atoms with van der Waals surface area (Å²) in [7, 11) is 0. The van der Waals surface area contributed by atoms with Crippen molar-refractivity contribution in [1.82, 2.24) is 20.1 Å². The van der Waals surface area contributed by atoms with Crippen molar-refractivity contribution in [1.29, 1.82) is 0 Å². The van der Waals surface area contributed by atoms with Crippen LogP contribution in [-0.2, 0) is 6.54 Å². The highest BCUT2D eigenvalue weighted by atomic mass is 16.2. The lowest BCUT2D eigenvalue weighted by atomic mass is 9.96. The average molecular weight is 314 g/mol. The summed E-state index contributed by atoms with van der Waals surface area (Å²) in [5, 5.41) is 10.1. The van der Waals surface area contributed by atoms with Crippen molar-refractivity contribution in [2.45, 2.75) is 31.8 Å². The Kier molecular flexibility index (Phi) is 4.29. The van der Waals surface area contributed by atoms with E-state index in [0.717, 1.165) is 18.4 Å². The van der Waals surface area contributed by atoms with E-state index >= 15 is 0 Å². The van der Waals surface area contributed by atoms with E-state index in [4.69, 9.17) is 5.73 Å². The van der Waals surface area contributed by atoms with Crippen molar-refractivity contribution in [3.05, 3.63) is 42.4 Å². The molecule has 1 fully saturated rings. The van der Waals surface area contributed by atoms with E-state index in [1.165, 1.54) is 0 Å². The number of amides is 2. The summed E-state index contributed by atoms with van der Waals surface area (Å²) >= 11 is 0. The van der Waals surface area contributed by atoms with E-state index in [0.29, 0.717) is 24.8 Å². The molecule has 1 aliphatic carbocycles. The van der Waals surface area contributed by atoms with Crippen molar-refractivity contribution in [3.8, 4) is 0 Å². The molecule has 2 amide bonds. The van der Waals surface area contributed by atoms with E-state index in [9.17, 15) is 4.79 Å². The summed E-state index contributed by atoms with van der Waals surface area (Å²) in [4.78, 5) is 16.1. The van der Waals surface area contributed by atoms with Crippen LogP contribution in [0, 0.1) is 5.92 Å². The van der Waals surface area contributed by atoms with E-state index in [1.54, 1.807) is 23.1 Å². The van der Waals surface area contributed by atoms with E-state index < -0.39 is 0 Å². The van der Waals surface area contributed by atoms with Gasteiger partial charge in [0.15, 0.2) is 5.82 Å². The molecule has 4 N–H and O–H groups in total. The number of nitrogens with zero attached hydrogens (tertiary/aromatic N) is 3. The molecule has 122 valence electrons. The minimum Gasteiger partial charge on any atom is -0.331 e. The number of aromatic nitrogens is 3. The minimum atomic E-state index is -0.344. The summed E-state index contributed by atoms with van der Waals surface area (Å²) in [6, 6.07) is 5.38. The predicted molar refractivity (Wildman–Crippen MR) is 87.9 cm³/mol. The van der Waals surface area contributed by atoms with E-state index in [-0.39, 0.29) is 11.6 Å². The maximum absolute atomic E-state index is 12.2. The highest BCUT2D eigenvalue weighted by molar-refractivity contribution is 5.88. The zero-order chi connectivity index (χ0) is 16.3. The summed E-state index contributed by atoms with van der Waals surface area (Å²) in [6.07, 6.45) is 7.57. The molecule has 0 spiro atoms. The number of pyridine rings is 1. The van der Waals surface area contributed by atoms with Gasteiger partial charge in [0.2, 0.25) is 0 Å². The number of carbonyl (C=O) groups is 1. The van der Waals surface area contributed by atoms with Crippen molar-refractivity contribution >= 4 is 11.8 Å². The molecule has 3 rings (SSSR count). The lowest BCUT2D eigenvalue weighted by Gasteiger charge is -2.29. The molecule has 0 bridgehead atoms. The van der Waals surface area contributed by atoms with Crippen LogP contribution in [0.25, 0.3) is 0 Å². The molecule has 2 aromatic rings. The minimum absolute atomic E-state index is 0.265. The number of urea groups is 1. The van der Waals surface area contributed by atoms with Gasteiger partial charge in [-0.2, -0.15) is 5.10 Å². The molecule has 7 heteroatoms. The first-order chi connectivity index (χ1) is 11.1. The fourth-order valence-corrected chi connectivity index (χ4v) is 2.64. The van der Waals surface area contributed by atoms with Gasteiger partial charge in [-0.15, -0.1) is 0 Å². The molecule has 0 aromatic carbocycles. The zero-order valence-electron chi connectivity index (χ0n) is 13.2. The number of nitrogens with one attached hydrogen (secondary N) is 2. The Bertz CT molecular complexity index is 666. The van der Waals surface area contributed by atoms with Gasteiger partial charge in [-0.25, -0.2) is 4.79 Å². The average Bonchev–Trinajstić information content (AvgIpc) is 3.32. The molecule has 2 heterocycles. The summed E-state index contributed by atoms with van der Waals surface area (Å²) in [6.45, 7) is 3.06. The van der Waals surface area contributed by atoms with Crippen LogP contribution in [0.2, 0.25) is 0 Å². The Labute approximate surface area is 135 Å². The smallest absolute Gasteiger partial charge is 0.320 e. The molecule has 0 radical (unpaired) electrons. The fourth-order valence-electron chi connectivity index (χ4n) is 2.64. The quantitative estimate of drug-likeness (QED) is 0.754. The normalized spacial score (nSPS) is 16.6. The molecule has 7 nitrogen and oxygen atoms in total. The van der Waals surface area contributed by atoms with Gasteiger partial charge in [-0.05, 0) is 43.4 Å². The lowest BCUT2D eigenvalue weighted by Crippen LogP contribution is -2.54. The van der Waals surface area contributed by atoms with Crippen LogP contribution in [-0.4, -0.2) is 32.9 Å². The second-order valence-corrected chi connectivity index (χ2v) is 6.23. The highest BCUT2D eigenvalue weighted by Gasteiger charge is 2.41. The number of hydrogen-bond donors (Lipinski definition) is 3. The van der Waals surface area contributed by atoms with Crippen molar-refractivity contribution in [3.63, 3.8) is 0 Å². The Morgan fingerprint density at radius 2 is 2.13 bits per heavy atom. The van der Waals surface area contributed by atoms with Gasteiger partial charge in [0, 0.05) is 31.2 Å². The third kappa shape index (κ3) is 3.87. The fraction of sp³-hybridized carbons (Fsp3) is 0.438. The van der Waals surface area contributed by atoms with Crippen LogP contribution in [0.15, 0.2) is 36.8 Å². The van der Waals surface area contributed by atoms with Crippen LogP contribution < -0.4 is 16.4 Å². The number of anilines is 1. The first kappa shape index (κ1) is 15.5. The molecule has 2 aromatic heterocycles. The Morgan fingerprint density at radius 1 is 1.39 bits per heavy atom. The van der Waals surface area contributed by atoms with E-state index in [1.807, 2.05) is 25.3 Å². The lowest BCUT2D eigenvalue weighted by molar-refractivity contribution is 0.234. The summed E-state index contributed by atoms with van der Waals surface area (Å²) < 4.78 is 1.77. The van der Waals surface area contributed by atoms with Gasteiger partial charge in [-0.1, -0.05) is 0 Å². The first-order valence-corrected chi connectivity index (χ1v) is 7.81. The second-order valence-electron chi connectivity index (χ2n) is 6.23. The van der Waals surface area contributed by atoms with Crippen molar-refractivity contribution in [2.75, 3.05) is 11.9 Å². The maximum Gasteiger partial charge on any atom is 0.320 e. The molecule has 1 aliphatic rings. The van der Waals surface area contributed by atoms with Gasteiger partial charge < -0.3 is 11.1 Å². The monoisotopic (exact) mass is 314 g/mol.